The van der Waals surface area contributed by atoms with Gasteiger partial charge in [0.05, 0.1) is 5.75 Å². The Labute approximate surface area is 130 Å². The topological polar surface area (TPSA) is 66.4 Å². The Hall–Kier alpha value is -1.49. The molecule has 0 radical (unpaired) electrons. The zero-order valence-corrected chi connectivity index (χ0v) is 13.4. The van der Waals surface area contributed by atoms with Crippen molar-refractivity contribution in [3.8, 4) is 0 Å². The van der Waals surface area contributed by atoms with E-state index in [4.69, 9.17) is 5.11 Å². The summed E-state index contributed by atoms with van der Waals surface area (Å²) in [6, 6.07) is 8.24. The highest BCUT2D eigenvalue weighted by Gasteiger charge is 2.12. The van der Waals surface area contributed by atoms with E-state index in [1.807, 2.05) is 26.0 Å². The maximum atomic E-state index is 11.7. The fourth-order valence-electron chi connectivity index (χ4n) is 1.98. The van der Waals surface area contributed by atoms with Crippen LogP contribution in [0.1, 0.15) is 30.9 Å². The van der Waals surface area contributed by atoms with Crippen molar-refractivity contribution in [2.75, 3.05) is 12.3 Å². The van der Waals surface area contributed by atoms with Gasteiger partial charge in [-0.3, -0.25) is 9.59 Å². The quantitative estimate of drug-likeness (QED) is 0.736. The Morgan fingerprint density at radius 3 is 2.76 bits per heavy atom. The molecule has 4 nitrogen and oxygen atoms in total. The summed E-state index contributed by atoms with van der Waals surface area (Å²) in [6.45, 7) is 4.42. The highest BCUT2D eigenvalue weighted by Crippen LogP contribution is 2.13. The molecular formula is C16H23NO3S. The molecule has 1 amide bonds. The molecule has 1 rings (SSSR count). The second-order valence-electron chi connectivity index (χ2n) is 5.16. The van der Waals surface area contributed by atoms with Gasteiger partial charge in [-0.1, -0.05) is 43.2 Å². The van der Waals surface area contributed by atoms with E-state index in [0.29, 0.717) is 12.3 Å². The minimum absolute atomic E-state index is 0.00761. The lowest BCUT2D eigenvalue weighted by molar-refractivity contribution is -0.138. The van der Waals surface area contributed by atoms with Gasteiger partial charge in [0.15, 0.2) is 0 Å². The van der Waals surface area contributed by atoms with Gasteiger partial charge < -0.3 is 10.4 Å². The summed E-state index contributed by atoms with van der Waals surface area (Å²) in [7, 11) is 0. The third kappa shape index (κ3) is 7.75. The summed E-state index contributed by atoms with van der Waals surface area (Å²) in [5.41, 5.74) is 2.43. The molecule has 0 aliphatic heterocycles. The van der Waals surface area contributed by atoms with Gasteiger partial charge in [0.25, 0.3) is 0 Å². The Bertz CT molecular complexity index is 476. The lowest BCUT2D eigenvalue weighted by Gasteiger charge is -2.13. The van der Waals surface area contributed by atoms with Crippen LogP contribution in [0, 0.1) is 12.8 Å². The number of rotatable bonds is 9. The lowest BCUT2D eigenvalue weighted by Crippen LogP contribution is -2.31. The third-order valence-corrected chi connectivity index (χ3v) is 4.22. The minimum Gasteiger partial charge on any atom is -0.481 e. The van der Waals surface area contributed by atoms with Crippen molar-refractivity contribution in [2.45, 2.75) is 32.4 Å². The summed E-state index contributed by atoms with van der Waals surface area (Å²) in [4.78, 5) is 22.4. The number of aliphatic carboxylic acids is 1. The van der Waals surface area contributed by atoms with Gasteiger partial charge in [-0.2, -0.15) is 0 Å². The van der Waals surface area contributed by atoms with E-state index in [1.165, 1.54) is 11.1 Å². The van der Waals surface area contributed by atoms with Crippen LogP contribution in [0.3, 0.4) is 0 Å². The van der Waals surface area contributed by atoms with E-state index in [1.54, 1.807) is 11.8 Å². The van der Waals surface area contributed by atoms with Crippen molar-refractivity contribution in [1.29, 1.82) is 0 Å². The molecule has 1 aromatic rings. The van der Waals surface area contributed by atoms with Crippen molar-refractivity contribution < 1.29 is 14.7 Å². The predicted octanol–water partition coefficient (Wildman–Crippen LogP) is 2.85. The molecule has 1 atom stereocenters. The Balaban J connectivity index is 2.23. The Morgan fingerprint density at radius 2 is 2.14 bits per heavy atom. The summed E-state index contributed by atoms with van der Waals surface area (Å²) in [6.07, 6.45) is 0.857. The normalized spacial score (nSPS) is 11.9. The van der Waals surface area contributed by atoms with Crippen LogP contribution in [-0.2, 0) is 15.3 Å². The molecule has 0 heterocycles. The van der Waals surface area contributed by atoms with E-state index < -0.39 is 5.97 Å². The molecule has 0 saturated heterocycles. The number of carboxylic acids is 1. The summed E-state index contributed by atoms with van der Waals surface area (Å²) >= 11 is 1.57. The number of carbonyl (C=O) groups is 2. The molecule has 5 heteroatoms. The van der Waals surface area contributed by atoms with Gasteiger partial charge >= 0.3 is 5.97 Å². The molecule has 0 saturated carbocycles. The molecule has 0 fully saturated rings. The molecule has 0 aliphatic rings. The van der Waals surface area contributed by atoms with Crippen LogP contribution in [0.5, 0.6) is 0 Å². The van der Waals surface area contributed by atoms with E-state index in [9.17, 15) is 9.59 Å². The van der Waals surface area contributed by atoms with Crippen LogP contribution >= 0.6 is 11.8 Å². The molecule has 2 N–H and O–H groups in total. The van der Waals surface area contributed by atoms with Crippen LogP contribution in [0.25, 0.3) is 0 Å². The van der Waals surface area contributed by atoms with Crippen LogP contribution in [0.4, 0.5) is 0 Å². The van der Waals surface area contributed by atoms with Gasteiger partial charge in [0.2, 0.25) is 5.91 Å². The van der Waals surface area contributed by atoms with Crippen LogP contribution in [0.2, 0.25) is 0 Å². The van der Waals surface area contributed by atoms with Gasteiger partial charge in [0, 0.05) is 18.7 Å². The third-order valence-electron chi connectivity index (χ3n) is 3.21. The van der Waals surface area contributed by atoms with Crippen molar-refractivity contribution in [2.24, 2.45) is 5.92 Å². The number of hydrogen-bond acceptors (Lipinski definition) is 3. The van der Waals surface area contributed by atoms with Crippen molar-refractivity contribution >= 4 is 23.6 Å². The van der Waals surface area contributed by atoms with Gasteiger partial charge in [0.1, 0.15) is 0 Å². The fourth-order valence-corrected chi connectivity index (χ4v) is 2.79. The molecule has 21 heavy (non-hydrogen) atoms. The number of benzene rings is 1. The first-order valence-corrected chi connectivity index (χ1v) is 8.28. The average Bonchev–Trinajstić information content (AvgIpc) is 2.43. The molecule has 1 aromatic carbocycles. The van der Waals surface area contributed by atoms with E-state index in [0.717, 1.165) is 12.2 Å². The van der Waals surface area contributed by atoms with E-state index >= 15 is 0 Å². The van der Waals surface area contributed by atoms with Gasteiger partial charge in [-0.25, -0.2) is 0 Å². The highest BCUT2D eigenvalue weighted by molar-refractivity contribution is 7.99. The molecule has 0 aromatic heterocycles. The predicted molar refractivity (Wildman–Crippen MR) is 86.4 cm³/mol. The molecule has 0 bridgehead atoms. The minimum atomic E-state index is -0.815. The molecular weight excluding hydrogens is 286 g/mol. The van der Waals surface area contributed by atoms with Crippen molar-refractivity contribution in [3.63, 3.8) is 0 Å². The number of nitrogens with one attached hydrogen (secondary N) is 1. The number of carboxylic acid groups (broad SMARTS) is 1. The molecule has 116 valence electrons. The number of hydrogen-bond donors (Lipinski definition) is 2. The number of aryl methyl sites for hydroxylation is 1. The number of carbonyl (C=O) groups excluding carboxylic acids is 1. The van der Waals surface area contributed by atoms with Crippen molar-refractivity contribution in [3.05, 3.63) is 35.4 Å². The maximum Gasteiger partial charge on any atom is 0.303 e. The lowest BCUT2D eigenvalue weighted by atomic mass is 10.0. The zero-order chi connectivity index (χ0) is 15.7. The van der Waals surface area contributed by atoms with Crippen LogP contribution < -0.4 is 5.32 Å². The number of amides is 1. The standard InChI is InChI=1S/C16H23NO3S/c1-3-13(8-16(19)20)9-17-15(18)11-21-10-14-6-4-5-12(2)7-14/h4-7,13H,3,8-11H2,1-2H3,(H,17,18)(H,19,20). The first kappa shape index (κ1) is 17.6. The number of thioether (sulfide) groups is 1. The largest absolute Gasteiger partial charge is 0.481 e. The molecule has 1 unspecified atom stereocenters. The molecule has 0 aliphatic carbocycles. The van der Waals surface area contributed by atoms with Crippen molar-refractivity contribution in [1.82, 2.24) is 5.32 Å². The fraction of sp³-hybridized carbons (Fsp3) is 0.500. The zero-order valence-electron chi connectivity index (χ0n) is 12.6. The Kier molecular flexibility index (Phi) is 7.90. The second kappa shape index (κ2) is 9.45. The SMILES string of the molecule is CCC(CNC(=O)CSCc1cccc(C)c1)CC(=O)O. The second-order valence-corrected chi connectivity index (χ2v) is 6.14. The van der Waals surface area contributed by atoms with Gasteiger partial charge in [-0.15, -0.1) is 11.8 Å². The van der Waals surface area contributed by atoms with Crippen LogP contribution in [0.15, 0.2) is 24.3 Å². The van der Waals surface area contributed by atoms with E-state index in [-0.39, 0.29) is 18.2 Å². The highest BCUT2D eigenvalue weighted by atomic mass is 32.2. The monoisotopic (exact) mass is 309 g/mol. The summed E-state index contributed by atoms with van der Waals surface area (Å²) in [5, 5.41) is 11.6. The Morgan fingerprint density at radius 1 is 1.38 bits per heavy atom. The van der Waals surface area contributed by atoms with Crippen LogP contribution in [-0.4, -0.2) is 29.3 Å². The summed E-state index contributed by atoms with van der Waals surface area (Å²) < 4.78 is 0. The first-order valence-electron chi connectivity index (χ1n) is 7.13. The first-order chi connectivity index (χ1) is 10.0. The smallest absolute Gasteiger partial charge is 0.303 e. The van der Waals surface area contributed by atoms with E-state index in [2.05, 4.69) is 17.4 Å². The molecule has 0 spiro atoms. The maximum absolute atomic E-state index is 11.7. The summed E-state index contributed by atoms with van der Waals surface area (Å²) in [5.74, 6) is 0.369. The average molecular weight is 309 g/mol. The van der Waals surface area contributed by atoms with Gasteiger partial charge in [-0.05, 0) is 18.4 Å².